The van der Waals surface area contributed by atoms with Crippen molar-refractivity contribution in [3.05, 3.63) is 17.5 Å². The Morgan fingerprint density at radius 3 is 2.65 bits per heavy atom. The lowest BCUT2D eigenvalue weighted by atomic mass is 10.2. The first-order valence-corrected chi connectivity index (χ1v) is 5.64. The standard InChI is InChI=1S/C11H20N4O.ClH/c1-4-5-12-6-7-13-11(16)10-8-15(3)14-9(10)2;/h8,12H,4-7H2,1-3H3,(H,13,16);1H. The van der Waals surface area contributed by atoms with Crippen molar-refractivity contribution >= 4 is 18.3 Å². The number of rotatable bonds is 6. The van der Waals surface area contributed by atoms with E-state index in [0.29, 0.717) is 12.1 Å². The maximum atomic E-state index is 11.7. The summed E-state index contributed by atoms with van der Waals surface area (Å²) in [4.78, 5) is 11.7. The molecule has 0 aliphatic carbocycles. The number of hydrogen-bond donors (Lipinski definition) is 2. The molecule has 1 heterocycles. The Balaban J connectivity index is 0.00000256. The van der Waals surface area contributed by atoms with Crippen molar-refractivity contribution in [3.8, 4) is 0 Å². The minimum absolute atomic E-state index is 0. The van der Waals surface area contributed by atoms with Gasteiger partial charge < -0.3 is 10.6 Å². The van der Waals surface area contributed by atoms with E-state index in [4.69, 9.17) is 0 Å². The summed E-state index contributed by atoms with van der Waals surface area (Å²) in [6.07, 6.45) is 2.85. The van der Waals surface area contributed by atoms with Crippen molar-refractivity contribution < 1.29 is 4.79 Å². The molecule has 1 aromatic heterocycles. The summed E-state index contributed by atoms with van der Waals surface area (Å²) in [7, 11) is 1.81. The monoisotopic (exact) mass is 260 g/mol. The molecule has 98 valence electrons. The van der Waals surface area contributed by atoms with E-state index in [0.717, 1.165) is 25.2 Å². The van der Waals surface area contributed by atoms with Crippen LogP contribution < -0.4 is 10.6 Å². The molecule has 1 aromatic rings. The van der Waals surface area contributed by atoms with Crippen LogP contribution in [0.2, 0.25) is 0 Å². The van der Waals surface area contributed by atoms with Crippen LogP contribution in [0.3, 0.4) is 0 Å². The Kier molecular flexibility index (Phi) is 7.58. The summed E-state index contributed by atoms with van der Waals surface area (Å²) in [5.41, 5.74) is 1.42. The van der Waals surface area contributed by atoms with Crippen LogP contribution in [-0.2, 0) is 7.05 Å². The maximum Gasteiger partial charge on any atom is 0.254 e. The fraction of sp³-hybridized carbons (Fsp3) is 0.636. The minimum atomic E-state index is -0.0519. The third-order valence-electron chi connectivity index (χ3n) is 2.27. The largest absolute Gasteiger partial charge is 0.351 e. The predicted octanol–water partition coefficient (Wildman–Crippen LogP) is 0.880. The Morgan fingerprint density at radius 2 is 2.12 bits per heavy atom. The van der Waals surface area contributed by atoms with Gasteiger partial charge in [-0.05, 0) is 19.9 Å². The van der Waals surface area contributed by atoms with Crippen molar-refractivity contribution in [2.24, 2.45) is 7.05 Å². The van der Waals surface area contributed by atoms with E-state index in [1.54, 1.807) is 10.9 Å². The molecule has 0 bridgehead atoms. The first kappa shape index (κ1) is 15.9. The van der Waals surface area contributed by atoms with Crippen LogP contribution in [0, 0.1) is 6.92 Å². The number of halogens is 1. The number of carbonyl (C=O) groups excluding carboxylic acids is 1. The van der Waals surface area contributed by atoms with Gasteiger partial charge >= 0.3 is 0 Å². The van der Waals surface area contributed by atoms with Crippen LogP contribution in [0.5, 0.6) is 0 Å². The second-order valence-electron chi connectivity index (χ2n) is 3.81. The van der Waals surface area contributed by atoms with Crippen LogP contribution in [0.1, 0.15) is 29.4 Å². The molecule has 0 radical (unpaired) electrons. The third-order valence-corrected chi connectivity index (χ3v) is 2.27. The van der Waals surface area contributed by atoms with Gasteiger partial charge in [-0.2, -0.15) is 5.10 Å². The molecule has 0 fully saturated rings. The number of nitrogens with zero attached hydrogens (tertiary/aromatic N) is 2. The van der Waals surface area contributed by atoms with Gasteiger partial charge in [-0.25, -0.2) is 0 Å². The molecule has 1 amide bonds. The van der Waals surface area contributed by atoms with Crippen molar-refractivity contribution in [1.82, 2.24) is 20.4 Å². The van der Waals surface area contributed by atoms with E-state index >= 15 is 0 Å². The fourth-order valence-corrected chi connectivity index (χ4v) is 1.48. The highest BCUT2D eigenvalue weighted by Gasteiger charge is 2.11. The summed E-state index contributed by atoms with van der Waals surface area (Å²) in [6.45, 7) is 6.39. The molecule has 6 heteroatoms. The first-order valence-electron chi connectivity index (χ1n) is 5.64. The zero-order valence-corrected chi connectivity index (χ0v) is 11.4. The molecule has 0 aliphatic rings. The number of carbonyl (C=O) groups is 1. The van der Waals surface area contributed by atoms with Gasteiger partial charge in [0.1, 0.15) is 0 Å². The van der Waals surface area contributed by atoms with E-state index in [1.807, 2.05) is 14.0 Å². The lowest BCUT2D eigenvalue weighted by molar-refractivity contribution is 0.0953. The van der Waals surface area contributed by atoms with Crippen molar-refractivity contribution in [2.75, 3.05) is 19.6 Å². The summed E-state index contributed by atoms with van der Waals surface area (Å²) in [5, 5.41) is 10.2. The quantitative estimate of drug-likeness (QED) is 0.747. The van der Waals surface area contributed by atoms with Crippen LogP contribution in [0.15, 0.2) is 6.20 Å². The molecule has 0 saturated carbocycles. The van der Waals surface area contributed by atoms with Gasteiger partial charge in [0.15, 0.2) is 0 Å². The predicted molar refractivity (Wildman–Crippen MR) is 70.7 cm³/mol. The van der Waals surface area contributed by atoms with E-state index in [9.17, 15) is 4.79 Å². The zero-order chi connectivity index (χ0) is 12.0. The average Bonchev–Trinajstić information content (AvgIpc) is 2.57. The van der Waals surface area contributed by atoms with Crippen molar-refractivity contribution in [2.45, 2.75) is 20.3 Å². The van der Waals surface area contributed by atoms with Gasteiger partial charge in [0, 0.05) is 26.3 Å². The van der Waals surface area contributed by atoms with Crippen molar-refractivity contribution in [3.63, 3.8) is 0 Å². The van der Waals surface area contributed by atoms with Gasteiger partial charge in [0.2, 0.25) is 0 Å². The Morgan fingerprint density at radius 1 is 1.41 bits per heavy atom. The highest BCUT2D eigenvalue weighted by Crippen LogP contribution is 2.03. The van der Waals surface area contributed by atoms with Gasteiger partial charge in [0.05, 0.1) is 11.3 Å². The van der Waals surface area contributed by atoms with Gasteiger partial charge in [-0.15, -0.1) is 12.4 Å². The average molecular weight is 261 g/mol. The van der Waals surface area contributed by atoms with Crippen LogP contribution >= 0.6 is 12.4 Å². The smallest absolute Gasteiger partial charge is 0.254 e. The first-order chi connectivity index (χ1) is 7.65. The fourth-order valence-electron chi connectivity index (χ4n) is 1.48. The van der Waals surface area contributed by atoms with Crippen molar-refractivity contribution in [1.29, 1.82) is 0 Å². The van der Waals surface area contributed by atoms with E-state index in [-0.39, 0.29) is 18.3 Å². The number of hydrogen-bond acceptors (Lipinski definition) is 3. The summed E-state index contributed by atoms with van der Waals surface area (Å²) >= 11 is 0. The molecular formula is C11H21ClN4O. The highest BCUT2D eigenvalue weighted by atomic mass is 35.5. The third kappa shape index (κ3) is 5.19. The van der Waals surface area contributed by atoms with Crippen LogP contribution in [0.4, 0.5) is 0 Å². The van der Waals surface area contributed by atoms with Gasteiger partial charge in [-0.1, -0.05) is 6.92 Å². The molecular weight excluding hydrogens is 240 g/mol. The Bertz CT molecular complexity index is 351. The molecule has 0 spiro atoms. The van der Waals surface area contributed by atoms with E-state index < -0.39 is 0 Å². The van der Waals surface area contributed by atoms with E-state index in [2.05, 4.69) is 22.7 Å². The van der Waals surface area contributed by atoms with Crippen LogP contribution in [0.25, 0.3) is 0 Å². The number of nitrogens with one attached hydrogen (secondary N) is 2. The maximum absolute atomic E-state index is 11.7. The van der Waals surface area contributed by atoms with Crippen LogP contribution in [-0.4, -0.2) is 35.3 Å². The summed E-state index contributed by atoms with van der Waals surface area (Å²) in [6, 6.07) is 0. The molecule has 0 aliphatic heterocycles. The topological polar surface area (TPSA) is 58.9 Å². The summed E-state index contributed by atoms with van der Waals surface area (Å²) in [5.74, 6) is -0.0519. The zero-order valence-electron chi connectivity index (χ0n) is 10.6. The molecule has 2 N–H and O–H groups in total. The minimum Gasteiger partial charge on any atom is -0.351 e. The molecule has 0 saturated heterocycles. The van der Waals surface area contributed by atoms with Gasteiger partial charge in [-0.3, -0.25) is 9.48 Å². The molecule has 0 unspecified atom stereocenters. The lowest BCUT2D eigenvalue weighted by Gasteiger charge is -2.05. The highest BCUT2D eigenvalue weighted by molar-refractivity contribution is 5.94. The molecule has 5 nitrogen and oxygen atoms in total. The van der Waals surface area contributed by atoms with E-state index in [1.165, 1.54) is 0 Å². The normalized spacial score (nSPS) is 9.82. The second kappa shape index (κ2) is 8.08. The SMILES string of the molecule is CCCNCCNC(=O)c1cn(C)nc1C.Cl. The molecule has 1 rings (SSSR count). The Hall–Kier alpha value is -1.07. The number of aryl methyl sites for hydroxylation is 2. The van der Waals surface area contributed by atoms with Gasteiger partial charge in [0.25, 0.3) is 5.91 Å². The summed E-state index contributed by atoms with van der Waals surface area (Å²) < 4.78 is 1.65. The number of amides is 1. The Labute approximate surface area is 108 Å². The molecule has 0 aromatic carbocycles. The molecule has 17 heavy (non-hydrogen) atoms. The second-order valence-corrected chi connectivity index (χ2v) is 3.81. The lowest BCUT2D eigenvalue weighted by Crippen LogP contribution is -2.32. The molecule has 0 atom stereocenters. The number of aromatic nitrogens is 2.